The van der Waals surface area contributed by atoms with Crippen LogP contribution in [-0.2, 0) is 19.0 Å². The van der Waals surface area contributed by atoms with Crippen molar-refractivity contribution in [2.45, 2.75) is 20.8 Å². The summed E-state index contributed by atoms with van der Waals surface area (Å²) >= 11 is 0. The normalized spacial score (nSPS) is 11.6. The molecule has 0 heterocycles. The monoisotopic (exact) mass is 276 g/mol. The summed E-state index contributed by atoms with van der Waals surface area (Å²) < 4.78 is 15.8. The van der Waals surface area contributed by atoms with Crippen molar-refractivity contribution in [3.05, 3.63) is 0 Å². The van der Waals surface area contributed by atoms with Gasteiger partial charge in [-0.05, 0) is 0 Å². The van der Waals surface area contributed by atoms with Gasteiger partial charge in [0, 0.05) is 18.5 Å². The number of hydrogen-bond donors (Lipinski definition) is 2. The molecule has 0 bridgehead atoms. The van der Waals surface area contributed by atoms with Gasteiger partial charge in [-0.1, -0.05) is 20.8 Å². The SMILES string of the molecule is CC(C)(C)C(=O)NCCOCCOCCOCCN. The summed E-state index contributed by atoms with van der Waals surface area (Å²) in [6.45, 7) is 9.89. The van der Waals surface area contributed by atoms with Crippen LogP contribution in [0.5, 0.6) is 0 Å². The van der Waals surface area contributed by atoms with Gasteiger partial charge in [0.1, 0.15) is 0 Å². The van der Waals surface area contributed by atoms with Gasteiger partial charge in [-0.15, -0.1) is 0 Å². The van der Waals surface area contributed by atoms with E-state index in [2.05, 4.69) is 5.32 Å². The fourth-order valence-electron chi connectivity index (χ4n) is 1.13. The van der Waals surface area contributed by atoms with E-state index < -0.39 is 0 Å². The lowest BCUT2D eigenvalue weighted by Gasteiger charge is -2.17. The van der Waals surface area contributed by atoms with Crippen molar-refractivity contribution in [3.8, 4) is 0 Å². The average molecular weight is 276 g/mol. The summed E-state index contributed by atoms with van der Waals surface area (Å²) in [5.74, 6) is 0.0319. The Balaban J connectivity index is 3.17. The highest BCUT2D eigenvalue weighted by Gasteiger charge is 2.20. The highest BCUT2D eigenvalue weighted by atomic mass is 16.5. The molecule has 0 aromatic carbocycles. The molecular weight excluding hydrogens is 248 g/mol. The topological polar surface area (TPSA) is 82.8 Å². The summed E-state index contributed by atoms with van der Waals surface area (Å²) in [5.41, 5.74) is 4.92. The van der Waals surface area contributed by atoms with Gasteiger partial charge in [-0.2, -0.15) is 0 Å². The molecule has 0 aliphatic rings. The Morgan fingerprint density at radius 1 is 0.947 bits per heavy atom. The summed E-state index contributed by atoms with van der Waals surface area (Å²) in [6, 6.07) is 0. The molecule has 0 spiro atoms. The first-order valence-electron chi connectivity index (χ1n) is 6.70. The lowest BCUT2D eigenvalue weighted by molar-refractivity contribution is -0.128. The van der Waals surface area contributed by atoms with Crippen LogP contribution in [0.15, 0.2) is 0 Å². The Morgan fingerprint density at radius 2 is 1.42 bits per heavy atom. The molecule has 0 rings (SSSR count). The highest BCUT2D eigenvalue weighted by molar-refractivity contribution is 5.81. The minimum atomic E-state index is -0.355. The van der Waals surface area contributed by atoms with Crippen molar-refractivity contribution in [3.63, 3.8) is 0 Å². The number of carbonyl (C=O) groups is 1. The van der Waals surface area contributed by atoms with E-state index in [1.807, 2.05) is 20.8 Å². The standard InChI is InChI=1S/C13H28N2O4/c1-13(2,3)12(16)15-5-7-18-9-11-19-10-8-17-6-4-14/h4-11,14H2,1-3H3,(H,15,16). The average Bonchev–Trinajstić information content (AvgIpc) is 2.34. The summed E-state index contributed by atoms with van der Waals surface area (Å²) in [4.78, 5) is 11.5. The predicted octanol–water partition coefficient (Wildman–Crippen LogP) is 0.157. The fraction of sp³-hybridized carbons (Fsp3) is 0.923. The fourth-order valence-corrected chi connectivity index (χ4v) is 1.13. The number of rotatable bonds is 11. The molecule has 19 heavy (non-hydrogen) atoms. The van der Waals surface area contributed by atoms with Crippen molar-refractivity contribution < 1.29 is 19.0 Å². The van der Waals surface area contributed by atoms with Crippen LogP contribution in [0.3, 0.4) is 0 Å². The molecule has 114 valence electrons. The zero-order chi connectivity index (χ0) is 14.6. The number of hydrogen-bond acceptors (Lipinski definition) is 5. The molecule has 6 nitrogen and oxygen atoms in total. The van der Waals surface area contributed by atoms with Crippen LogP contribution in [0.25, 0.3) is 0 Å². The van der Waals surface area contributed by atoms with E-state index in [1.54, 1.807) is 0 Å². The maximum absolute atomic E-state index is 11.5. The van der Waals surface area contributed by atoms with Gasteiger partial charge in [0.05, 0.1) is 39.6 Å². The Kier molecular flexibility index (Phi) is 10.8. The summed E-state index contributed by atoms with van der Waals surface area (Å²) in [6.07, 6.45) is 0. The number of amides is 1. The first-order chi connectivity index (χ1) is 8.98. The van der Waals surface area contributed by atoms with E-state index in [-0.39, 0.29) is 11.3 Å². The van der Waals surface area contributed by atoms with E-state index in [9.17, 15) is 4.79 Å². The van der Waals surface area contributed by atoms with E-state index >= 15 is 0 Å². The van der Waals surface area contributed by atoms with E-state index in [0.29, 0.717) is 52.7 Å². The summed E-state index contributed by atoms with van der Waals surface area (Å²) in [5, 5.41) is 2.81. The van der Waals surface area contributed by atoms with Gasteiger partial charge in [0.25, 0.3) is 0 Å². The molecule has 6 heteroatoms. The molecule has 3 N–H and O–H groups in total. The van der Waals surface area contributed by atoms with Crippen LogP contribution in [0, 0.1) is 5.41 Å². The van der Waals surface area contributed by atoms with Crippen molar-refractivity contribution in [2.75, 3.05) is 52.7 Å². The zero-order valence-electron chi connectivity index (χ0n) is 12.4. The van der Waals surface area contributed by atoms with Crippen molar-refractivity contribution in [2.24, 2.45) is 11.1 Å². The highest BCUT2D eigenvalue weighted by Crippen LogP contribution is 2.11. The lowest BCUT2D eigenvalue weighted by atomic mass is 9.96. The molecule has 0 atom stereocenters. The van der Waals surface area contributed by atoms with Crippen LogP contribution in [-0.4, -0.2) is 58.6 Å². The Morgan fingerprint density at radius 3 is 1.89 bits per heavy atom. The van der Waals surface area contributed by atoms with E-state index in [4.69, 9.17) is 19.9 Å². The van der Waals surface area contributed by atoms with Crippen LogP contribution < -0.4 is 11.1 Å². The second-order valence-electron chi connectivity index (χ2n) is 5.13. The van der Waals surface area contributed by atoms with Crippen molar-refractivity contribution >= 4 is 5.91 Å². The Hall–Kier alpha value is -0.690. The van der Waals surface area contributed by atoms with Crippen LogP contribution in [0.4, 0.5) is 0 Å². The van der Waals surface area contributed by atoms with E-state index in [0.717, 1.165) is 0 Å². The zero-order valence-corrected chi connectivity index (χ0v) is 12.4. The largest absolute Gasteiger partial charge is 0.378 e. The molecule has 0 saturated heterocycles. The van der Waals surface area contributed by atoms with Crippen LogP contribution in [0.2, 0.25) is 0 Å². The summed E-state index contributed by atoms with van der Waals surface area (Å²) in [7, 11) is 0. The molecule has 0 unspecified atom stereocenters. The van der Waals surface area contributed by atoms with Gasteiger partial charge in [0.2, 0.25) is 5.91 Å². The third-order valence-corrected chi connectivity index (χ3v) is 2.22. The van der Waals surface area contributed by atoms with Crippen LogP contribution >= 0.6 is 0 Å². The quantitative estimate of drug-likeness (QED) is 0.525. The maximum atomic E-state index is 11.5. The molecule has 0 aromatic rings. The molecule has 0 fully saturated rings. The van der Waals surface area contributed by atoms with Crippen molar-refractivity contribution in [1.29, 1.82) is 0 Å². The molecule has 0 aromatic heterocycles. The molecule has 0 saturated carbocycles. The third-order valence-electron chi connectivity index (χ3n) is 2.22. The number of nitrogens with two attached hydrogens (primary N) is 1. The first kappa shape index (κ1) is 18.3. The molecule has 0 aliphatic carbocycles. The third kappa shape index (κ3) is 12.1. The smallest absolute Gasteiger partial charge is 0.225 e. The van der Waals surface area contributed by atoms with Gasteiger partial charge in [-0.25, -0.2) is 0 Å². The number of nitrogens with one attached hydrogen (secondary N) is 1. The Labute approximate surface area is 116 Å². The first-order valence-corrected chi connectivity index (χ1v) is 6.70. The van der Waals surface area contributed by atoms with Crippen LogP contribution in [0.1, 0.15) is 20.8 Å². The number of ether oxygens (including phenoxy) is 3. The van der Waals surface area contributed by atoms with Gasteiger partial charge < -0.3 is 25.3 Å². The van der Waals surface area contributed by atoms with Gasteiger partial charge in [0.15, 0.2) is 0 Å². The van der Waals surface area contributed by atoms with Gasteiger partial charge in [-0.3, -0.25) is 4.79 Å². The van der Waals surface area contributed by atoms with E-state index in [1.165, 1.54) is 0 Å². The molecule has 1 amide bonds. The second-order valence-corrected chi connectivity index (χ2v) is 5.13. The minimum absolute atomic E-state index is 0.0319. The number of carbonyl (C=O) groups excluding carboxylic acids is 1. The second kappa shape index (κ2) is 11.2. The molecular formula is C13H28N2O4. The maximum Gasteiger partial charge on any atom is 0.225 e. The van der Waals surface area contributed by atoms with Crippen molar-refractivity contribution in [1.82, 2.24) is 5.32 Å². The van der Waals surface area contributed by atoms with Gasteiger partial charge >= 0.3 is 0 Å². The Bertz CT molecular complexity index is 229. The molecule has 0 radical (unpaired) electrons. The lowest BCUT2D eigenvalue weighted by Crippen LogP contribution is -2.36. The molecule has 0 aliphatic heterocycles. The predicted molar refractivity (Wildman–Crippen MR) is 74.0 cm³/mol. The minimum Gasteiger partial charge on any atom is -0.378 e.